The zero-order valence-electron chi connectivity index (χ0n) is 13.1. The number of nitrogens with zero attached hydrogens (tertiary/aromatic N) is 3. The molecule has 3 N–H and O–H groups in total. The van der Waals surface area contributed by atoms with Crippen molar-refractivity contribution in [3.8, 4) is 11.4 Å². The maximum Gasteiger partial charge on any atom is 0.338 e. The van der Waals surface area contributed by atoms with Crippen molar-refractivity contribution in [2.75, 3.05) is 5.73 Å². The van der Waals surface area contributed by atoms with Gasteiger partial charge in [-0.25, -0.2) is 19.7 Å². The minimum Gasteiger partial charge on any atom is -0.456 e. The fraction of sp³-hybridized carbons (Fsp3) is 0.250. The number of anilines is 1. The molecular formula is C16H17N5O2. The maximum atomic E-state index is 12.0. The third-order valence-corrected chi connectivity index (χ3v) is 3.11. The summed E-state index contributed by atoms with van der Waals surface area (Å²) in [5.74, 6) is 0.603. The van der Waals surface area contributed by atoms with Crippen LogP contribution in [0.25, 0.3) is 22.6 Å². The third-order valence-electron chi connectivity index (χ3n) is 3.11. The SMILES string of the molecule is CC(C)(C)OC(=O)c1ccc(-c2nc3ncnc(N)c3[nH]2)cc1. The van der Waals surface area contributed by atoms with Crippen molar-refractivity contribution in [2.24, 2.45) is 0 Å². The molecule has 0 spiro atoms. The molecule has 1 aromatic carbocycles. The number of nitrogen functional groups attached to an aromatic ring is 1. The van der Waals surface area contributed by atoms with E-state index < -0.39 is 5.60 Å². The molecule has 0 aliphatic heterocycles. The number of carbonyl (C=O) groups excluding carboxylic acids is 1. The number of hydrogen-bond acceptors (Lipinski definition) is 6. The molecule has 118 valence electrons. The van der Waals surface area contributed by atoms with Crippen LogP contribution in [-0.2, 0) is 4.74 Å². The molecule has 0 radical (unpaired) electrons. The van der Waals surface area contributed by atoms with Crippen molar-refractivity contribution in [2.45, 2.75) is 26.4 Å². The first-order valence-corrected chi connectivity index (χ1v) is 7.13. The summed E-state index contributed by atoms with van der Waals surface area (Å²) in [5.41, 5.74) is 7.66. The van der Waals surface area contributed by atoms with E-state index in [4.69, 9.17) is 10.5 Å². The molecule has 3 rings (SSSR count). The summed E-state index contributed by atoms with van der Waals surface area (Å²) in [6, 6.07) is 6.98. The van der Waals surface area contributed by atoms with Crippen LogP contribution in [-0.4, -0.2) is 31.5 Å². The first-order chi connectivity index (χ1) is 10.8. The number of H-pyrrole nitrogens is 1. The molecule has 0 unspecified atom stereocenters. The topological polar surface area (TPSA) is 107 Å². The van der Waals surface area contributed by atoms with Crippen molar-refractivity contribution >= 4 is 23.0 Å². The van der Waals surface area contributed by atoms with E-state index in [9.17, 15) is 4.79 Å². The molecule has 0 aliphatic carbocycles. The summed E-state index contributed by atoms with van der Waals surface area (Å²) in [6.07, 6.45) is 1.37. The smallest absolute Gasteiger partial charge is 0.338 e. The molecule has 0 aliphatic rings. The van der Waals surface area contributed by atoms with Gasteiger partial charge in [0, 0.05) is 5.56 Å². The molecule has 3 aromatic rings. The highest BCUT2D eigenvalue weighted by molar-refractivity contribution is 5.90. The van der Waals surface area contributed by atoms with Crippen LogP contribution < -0.4 is 5.73 Å². The van der Waals surface area contributed by atoms with Gasteiger partial charge in [-0.1, -0.05) is 12.1 Å². The standard InChI is InChI=1S/C16H17N5O2/c1-16(2,3)23-15(22)10-6-4-9(5-7-10)13-20-11-12(17)18-8-19-14(11)21-13/h4-8H,1-3H3,(H3,17,18,19,20,21). The van der Waals surface area contributed by atoms with Crippen molar-refractivity contribution in [1.82, 2.24) is 19.9 Å². The molecule has 0 amide bonds. The van der Waals surface area contributed by atoms with Crippen molar-refractivity contribution < 1.29 is 9.53 Å². The average Bonchev–Trinajstić information content (AvgIpc) is 2.91. The van der Waals surface area contributed by atoms with E-state index in [-0.39, 0.29) is 5.97 Å². The number of nitrogens with one attached hydrogen (secondary N) is 1. The monoisotopic (exact) mass is 311 g/mol. The van der Waals surface area contributed by atoms with Gasteiger partial charge >= 0.3 is 5.97 Å². The van der Waals surface area contributed by atoms with Gasteiger partial charge in [-0.2, -0.15) is 0 Å². The highest BCUT2D eigenvalue weighted by Crippen LogP contribution is 2.22. The first kappa shape index (κ1) is 15.0. The lowest BCUT2D eigenvalue weighted by Crippen LogP contribution is -2.23. The van der Waals surface area contributed by atoms with E-state index in [1.54, 1.807) is 24.3 Å². The summed E-state index contributed by atoms with van der Waals surface area (Å²) in [7, 11) is 0. The Kier molecular flexibility index (Phi) is 3.48. The van der Waals surface area contributed by atoms with Crippen LogP contribution in [0.3, 0.4) is 0 Å². The van der Waals surface area contributed by atoms with E-state index in [2.05, 4.69) is 19.9 Å². The number of rotatable bonds is 2. The van der Waals surface area contributed by atoms with Gasteiger partial charge in [-0.05, 0) is 32.9 Å². The van der Waals surface area contributed by atoms with Crippen LogP contribution >= 0.6 is 0 Å². The largest absolute Gasteiger partial charge is 0.456 e. The number of aromatic amines is 1. The molecule has 0 bridgehead atoms. The summed E-state index contributed by atoms with van der Waals surface area (Å²) < 4.78 is 5.34. The lowest BCUT2D eigenvalue weighted by Gasteiger charge is -2.19. The van der Waals surface area contributed by atoms with E-state index in [0.717, 1.165) is 5.56 Å². The molecule has 0 fully saturated rings. The number of imidazole rings is 1. The second kappa shape index (κ2) is 5.35. The van der Waals surface area contributed by atoms with E-state index >= 15 is 0 Å². The van der Waals surface area contributed by atoms with Gasteiger partial charge in [-0.3, -0.25) is 0 Å². The van der Waals surface area contributed by atoms with Gasteiger partial charge in [0.1, 0.15) is 23.3 Å². The number of aromatic nitrogens is 4. The Bertz CT molecular complexity index is 862. The zero-order valence-corrected chi connectivity index (χ0v) is 13.1. The predicted molar refractivity (Wildman–Crippen MR) is 86.7 cm³/mol. The number of ether oxygens (including phenoxy) is 1. The van der Waals surface area contributed by atoms with Gasteiger partial charge in [0.15, 0.2) is 11.5 Å². The van der Waals surface area contributed by atoms with Crippen LogP contribution in [0.2, 0.25) is 0 Å². The Balaban J connectivity index is 1.89. The number of nitrogens with two attached hydrogens (primary N) is 1. The molecule has 2 heterocycles. The maximum absolute atomic E-state index is 12.0. The molecule has 0 saturated carbocycles. The van der Waals surface area contributed by atoms with Crippen molar-refractivity contribution in [1.29, 1.82) is 0 Å². The third kappa shape index (κ3) is 3.13. The first-order valence-electron chi connectivity index (χ1n) is 7.13. The highest BCUT2D eigenvalue weighted by Gasteiger charge is 2.18. The van der Waals surface area contributed by atoms with E-state index in [1.165, 1.54) is 6.33 Å². The van der Waals surface area contributed by atoms with E-state index in [1.807, 2.05) is 20.8 Å². The van der Waals surface area contributed by atoms with Crippen LogP contribution in [0, 0.1) is 0 Å². The average molecular weight is 311 g/mol. The number of esters is 1. The predicted octanol–water partition coefficient (Wildman–Crippen LogP) is 2.56. The summed E-state index contributed by atoms with van der Waals surface area (Å²) >= 11 is 0. The Hall–Kier alpha value is -2.96. The summed E-state index contributed by atoms with van der Waals surface area (Å²) in [4.78, 5) is 27.5. The summed E-state index contributed by atoms with van der Waals surface area (Å²) in [5, 5.41) is 0. The van der Waals surface area contributed by atoms with E-state index in [0.29, 0.717) is 28.4 Å². The highest BCUT2D eigenvalue weighted by atomic mass is 16.6. The molecule has 0 saturated heterocycles. The Morgan fingerprint density at radius 3 is 2.48 bits per heavy atom. The number of fused-ring (bicyclic) bond motifs is 1. The van der Waals surface area contributed by atoms with Gasteiger partial charge < -0.3 is 15.5 Å². The molecular weight excluding hydrogens is 294 g/mol. The zero-order chi connectivity index (χ0) is 16.6. The van der Waals surface area contributed by atoms with Crippen LogP contribution in [0.1, 0.15) is 31.1 Å². The van der Waals surface area contributed by atoms with Crippen molar-refractivity contribution in [3.63, 3.8) is 0 Å². The second-order valence-corrected chi connectivity index (χ2v) is 6.12. The Morgan fingerprint density at radius 2 is 1.87 bits per heavy atom. The molecule has 2 aromatic heterocycles. The van der Waals surface area contributed by atoms with Gasteiger partial charge in [-0.15, -0.1) is 0 Å². The summed E-state index contributed by atoms with van der Waals surface area (Å²) in [6.45, 7) is 5.50. The fourth-order valence-corrected chi connectivity index (χ4v) is 2.08. The van der Waals surface area contributed by atoms with Crippen molar-refractivity contribution in [3.05, 3.63) is 36.2 Å². The van der Waals surface area contributed by atoms with Crippen LogP contribution in [0.5, 0.6) is 0 Å². The lowest BCUT2D eigenvalue weighted by molar-refractivity contribution is 0.00696. The number of benzene rings is 1. The molecule has 7 nitrogen and oxygen atoms in total. The Morgan fingerprint density at radius 1 is 1.17 bits per heavy atom. The molecule has 23 heavy (non-hydrogen) atoms. The number of carbonyl (C=O) groups is 1. The fourth-order valence-electron chi connectivity index (χ4n) is 2.08. The minimum atomic E-state index is -0.523. The normalized spacial score (nSPS) is 11.6. The second-order valence-electron chi connectivity index (χ2n) is 6.12. The molecule has 0 atom stereocenters. The quantitative estimate of drug-likeness (QED) is 0.704. The van der Waals surface area contributed by atoms with Gasteiger partial charge in [0.2, 0.25) is 0 Å². The lowest BCUT2D eigenvalue weighted by atomic mass is 10.1. The van der Waals surface area contributed by atoms with Crippen LogP contribution in [0.4, 0.5) is 5.82 Å². The van der Waals surface area contributed by atoms with Gasteiger partial charge in [0.25, 0.3) is 0 Å². The minimum absolute atomic E-state index is 0.346. The Labute approximate surface area is 132 Å². The molecule has 7 heteroatoms. The van der Waals surface area contributed by atoms with Gasteiger partial charge in [0.05, 0.1) is 5.56 Å². The number of hydrogen-bond donors (Lipinski definition) is 2. The van der Waals surface area contributed by atoms with Crippen LogP contribution in [0.15, 0.2) is 30.6 Å².